The first-order chi connectivity index (χ1) is 4.35. The highest BCUT2D eigenvalue weighted by Crippen LogP contribution is 1.92. The minimum Gasteiger partial charge on any atom is -0.303 e. The molecule has 0 bridgehead atoms. The van der Waals surface area contributed by atoms with E-state index in [0.29, 0.717) is 18.9 Å². The largest absolute Gasteiger partial charge is 0.303 e. The van der Waals surface area contributed by atoms with Crippen LogP contribution >= 0.6 is 0 Å². The van der Waals surface area contributed by atoms with Crippen LogP contribution in [-0.4, -0.2) is 34.5 Å². The van der Waals surface area contributed by atoms with Crippen molar-refractivity contribution in [1.82, 2.24) is 0 Å². The van der Waals surface area contributed by atoms with Crippen molar-refractivity contribution in [2.45, 2.75) is 6.32 Å². The number of rotatable bonds is 5. The minimum absolute atomic E-state index is 0.406. The first-order valence-electron chi connectivity index (χ1n) is 2.62. The average molecular weight is 118 g/mol. The molecule has 0 aromatic heterocycles. The van der Waals surface area contributed by atoms with Crippen LogP contribution in [0.1, 0.15) is 0 Å². The Labute approximate surface area is 57.2 Å². The lowest BCUT2D eigenvalue weighted by Crippen LogP contribution is -2.11. The summed E-state index contributed by atoms with van der Waals surface area (Å²) in [5.41, 5.74) is 0. The lowest BCUT2D eigenvalue weighted by Gasteiger charge is -1.95. The quantitative estimate of drug-likeness (QED) is 0.258. The molecule has 0 saturated heterocycles. The summed E-state index contributed by atoms with van der Waals surface area (Å²) in [6.45, 7) is 0. The maximum Gasteiger partial charge on any atom is 0.129 e. The lowest BCUT2D eigenvalue weighted by molar-refractivity contribution is -0.118. The molecule has 9 heavy (non-hydrogen) atoms. The summed E-state index contributed by atoms with van der Waals surface area (Å²) in [5, 5.41) is 0. The zero-order valence-electron chi connectivity index (χ0n) is 4.99. The van der Waals surface area contributed by atoms with Gasteiger partial charge in [0.05, 0.1) is 13.1 Å². The molecular weight excluding hydrogens is 112 g/mol. The molecule has 0 spiro atoms. The van der Waals surface area contributed by atoms with Gasteiger partial charge in [-0.3, -0.25) is 0 Å². The van der Waals surface area contributed by atoms with E-state index in [1.807, 2.05) is 0 Å². The average Bonchev–Trinajstić information content (AvgIpc) is 1.91. The van der Waals surface area contributed by atoms with E-state index in [4.69, 9.17) is 7.74 Å². The molecule has 2 nitrogen and oxygen atoms in total. The van der Waals surface area contributed by atoms with Crippen molar-refractivity contribution < 1.29 is 9.59 Å². The Hall–Kier alpha value is -0.465. The highest BCUT2D eigenvalue weighted by Gasteiger charge is 2.02. The van der Waals surface area contributed by atoms with Crippen LogP contribution in [0, 0.1) is 5.92 Å². The first kappa shape index (κ1) is 8.53. The van der Waals surface area contributed by atoms with Gasteiger partial charge >= 0.3 is 0 Å². The van der Waals surface area contributed by atoms with Crippen molar-refractivity contribution in [3.63, 3.8) is 0 Å². The van der Waals surface area contributed by atoms with E-state index >= 15 is 0 Å². The van der Waals surface area contributed by atoms with Crippen molar-refractivity contribution in [1.29, 1.82) is 0 Å². The predicted octanol–water partition coefficient (Wildman–Crippen LogP) is -1.17. The van der Waals surface area contributed by atoms with E-state index in [1.165, 1.54) is 7.06 Å². The molecule has 0 heterocycles. The number of hydrogen-bond donors (Lipinski definition) is 0. The van der Waals surface area contributed by atoms with Gasteiger partial charge in [-0.05, 0) is 0 Å². The molecule has 0 unspecified atom stereocenters. The van der Waals surface area contributed by atoms with Crippen molar-refractivity contribution in [2.24, 2.45) is 5.92 Å². The molecule has 0 aliphatic carbocycles. The Balaban J connectivity index is 3.30. The third-order valence-corrected chi connectivity index (χ3v) is 0.894. The van der Waals surface area contributed by atoms with Crippen LogP contribution in [0.3, 0.4) is 0 Å². The molecule has 0 N–H and O–H groups in total. The molecule has 0 amide bonds. The van der Waals surface area contributed by atoms with Crippen LogP contribution in [-0.2, 0) is 9.59 Å². The van der Waals surface area contributed by atoms with Gasteiger partial charge in [-0.15, -0.1) is 0 Å². The maximum absolute atomic E-state index is 9.94. The van der Waals surface area contributed by atoms with Crippen LogP contribution in [0.2, 0.25) is 6.32 Å². The molecule has 0 fully saturated rings. The summed E-state index contributed by atoms with van der Waals surface area (Å²) < 4.78 is 0. The lowest BCUT2D eigenvalue weighted by atomic mass is 9.26. The Bertz CT molecular complexity index is 87.8. The smallest absolute Gasteiger partial charge is 0.129 e. The Kier molecular flexibility index (Phi) is 5.37. The van der Waals surface area contributed by atoms with Crippen LogP contribution in [0.5, 0.6) is 0 Å². The topological polar surface area (TPSA) is 34.1 Å². The van der Waals surface area contributed by atoms with Crippen LogP contribution < -0.4 is 0 Å². The van der Waals surface area contributed by atoms with Gasteiger partial charge in [-0.1, -0.05) is 6.32 Å². The van der Waals surface area contributed by atoms with Gasteiger partial charge in [0, 0.05) is 14.8 Å². The summed E-state index contributed by atoms with van der Waals surface area (Å²) in [5.74, 6) is -0.523. The van der Waals surface area contributed by atoms with Crippen molar-refractivity contribution in [2.75, 3.05) is 0 Å². The third-order valence-electron chi connectivity index (χ3n) is 0.894. The van der Waals surface area contributed by atoms with Gasteiger partial charge in [0.15, 0.2) is 0 Å². The Morgan fingerprint density at radius 2 is 2.00 bits per heavy atom. The van der Waals surface area contributed by atoms with Gasteiger partial charge in [0.2, 0.25) is 0 Å². The second-order valence-electron chi connectivity index (χ2n) is 1.60. The van der Waals surface area contributed by atoms with E-state index in [9.17, 15) is 9.59 Å². The molecule has 4 radical (unpaired) electrons. The molecule has 0 saturated carbocycles. The Morgan fingerprint density at radius 3 is 2.33 bits per heavy atom. The summed E-state index contributed by atoms with van der Waals surface area (Å²) in [6, 6.07) is 0. The fourth-order valence-corrected chi connectivity index (χ4v) is 0.379. The monoisotopic (exact) mass is 118 g/mol. The zero-order chi connectivity index (χ0) is 7.11. The van der Waals surface area contributed by atoms with Gasteiger partial charge in [-0.25, -0.2) is 0 Å². The van der Waals surface area contributed by atoms with E-state index < -0.39 is 5.92 Å². The molecule has 0 rings (SSSR count). The minimum atomic E-state index is -0.523. The summed E-state index contributed by atoms with van der Waals surface area (Å²) >= 11 is 0. The molecule has 0 atom stereocenters. The van der Waals surface area contributed by atoms with Crippen LogP contribution in [0.25, 0.3) is 0 Å². The van der Waals surface area contributed by atoms with Gasteiger partial charge in [-0.2, -0.15) is 0 Å². The molecule has 0 aromatic rings. The fraction of sp³-hybridized carbons (Fsp3) is 0.500. The number of hydrogen-bond acceptors (Lipinski definition) is 2. The number of aldehydes is 2. The van der Waals surface area contributed by atoms with Crippen molar-refractivity contribution in [3.05, 3.63) is 0 Å². The third kappa shape index (κ3) is 4.07. The summed E-state index contributed by atoms with van der Waals surface area (Å²) in [4.78, 5) is 19.9. The van der Waals surface area contributed by atoms with E-state index in [-0.39, 0.29) is 0 Å². The van der Waals surface area contributed by atoms with Crippen LogP contribution in [0.15, 0.2) is 0 Å². The maximum atomic E-state index is 9.94. The SMILES string of the molecule is [B][B][B]CC(C=O)C=O. The van der Waals surface area contributed by atoms with Gasteiger partial charge in [0.25, 0.3) is 0 Å². The first-order valence-corrected chi connectivity index (χ1v) is 2.62. The fourth-order valence-electron chi connectivity index (χ4n) is 0.379. The van der Waals surface area contributed by atoms with E-state index in [2.05, 4.69) is 0 Å². The highest BCUT2D eigenvalue weighted by molar-refractivity contribution is 7.23. The summed E-state index contributed by atoms with van der Waals surface area (Å²) in [6.07, 6.45) is 1.61. The molecule has 0 aliphatic rings. The Morgan fingerprint density at radius 1 is 1.44 bits per heavy atom. The van der Waals surface area contributed by atoms with E-state index in [0.717, 1.165) is 0 Å². The molecule has 0 aliphatic heterocycles. The number of carbonyl (C=O) groups is 2. The van der Waals surface area contributed by atoms with Crippen LogP contribution in [0.4, 0.5) is 0 Å². The van der Waals surface area contributed by atoms with Gasteiger partial charge < -0.3 is 9.59 Å². The summed E-state index contributed by atoms with van der Waals surface area (Å²) in [7, 11) is 7.87. The second kappa shape index (κ2) is 5.67. The predicted molar refractivity (Wildman–Crippen MR) is 37.7 cm³/mol. The molecule has 42 valence electrons. The normalized spacial score (nSPS) is 8.56. The standard InChI is InChI=1S/C4H5B3O2/c5-7-6-1-4(2-8)3-9/h2-4H,1H2. The highest BCUT2D eigenvalue weighted by atomic mass is 16.1. The molecular formula is C4H5B3O2. The van der Waals surface area contributed by atoms with Crippen molar-refractivity contribution >= 4 is 34.5 Å². The van der Waals surface area contributed by atoms with Gasteiger partial charge in [0.1, 0.15) is 12.6 Å². The second-order valence-corrected chi connectivity index (χ2v) is 1.60. The molecule has 0 aromatic carbocycles. The van der Waals surface area contributed by atoms with Crippen molar-refractivity contribution in [3.8, 4) is 0 Å². The molecule has 5 heteroatoms. The van der Waals surface area contributed by atoms with E-state index in [1.54, 1.807) is 7.17 Å². The number of carbonyl (C=O) groups excluding carboxylic acids is 2. The zero-order valence-corrected chi connectivity index (χ0v) is 4.99.